The Hall–Kier alpha value is -2.07. The number of ether oxygens (including phenoxy) is 1. The van der Waals surface area contributed by atoms with Crippen LogP contribution >= 0.6 is 0 Å². The number of esters is 1. The number of nitriles is 1. The molecular weight excluding hydrogens is 332 g/mol. The lowest BCUT2D eigenvalue weighted by atomic mass is 9.96. The average molecular weight is 362 g/mol. The topological polar surface area (TPSA) is 76.9 Å². The number of hydrogen-bond acceptors (Lipinski definition) is 6. The van der Waals surface area contributed by atoms with Crippen LogP contribution in [-0.4, -0.2) is 79.5 Å². The Morgan fingerprint density at radius 1 is 1.19 bits per heavy atom. The van der Waals surface area contributed by atoms with Crippen molar-refractivity contribution < 1.29 is 14.3 Å². The zero-order chi connectivity index (χ0) is 19.1. The summed E-state index contributed by atoms with van der Waals surface area (Å²) in [6.45, 7) is 5.20. The normalized spacial score (nSPS) is 20.5. The first-order valence-corrected chi connectivity index (χ1v) is 9.44. The van der Waals surface area contributed by atoms with Crippen LogP contribution in [0.1, 0.15) is 32.6 Å². The first kappa shape index (κ1) is 20.2. The van der Waals surface area contributed by atoms with Crippen molar-refractivity contribution in [1.29, 1.82) is 5.26 Å². The predicted octanol–water partition coefficient (Wildman–Crippen LogP) is 1.22. The zero-order valence-corrected chi connectivity index (χ0v) is 16.1. The zero-order valence-electron chi connectivity index (χ0n) is 16.1. The quantitative estimate of drug-likeness (QED) is 0.416. The van der Waals surface area contributed by atoms with Crippen molar-refractivity contribution in [2.45, 2.75) is 38.6 Å². The molecule has 7 nitrogen and oxygen atoms in total. The molecule has 0 saturated carbocycles. The van der Waals surface area contributed by atoms with Crippen LogP contribution in [0.15, 0.2) is 11.8 Å². The van der Waals surface area contributed by atoms with E-state index in [1.807, 2.05) is 11.9 Å². The van der Waals surface area contributed by atoms with Crippen molar-refractivity contribution in [3.05, 3.63) is 11.8 Å². The van der Waals surface area contributed by atoms with Crippen molar-refractivity contribution in [3.8, 4) is 6.07 Å². The van der Waals surface area contributed by atoms with E-state index in [0.29, 0.717) is 38.6 Å². The van der Waals surface area contributed by atoms with Gasteiger partial charge in [0, 0.05) is 32.4 Å². The minimum atomic E-state index is -0.241. The van der Waals surface area contributed by atoms with Gasteiger partial charge >= 0.3 is 5.97 Å². The summed E-state index contributed by atoms with van der Waals surface area (Å²) < 4.78 is 5.06. The maximum atomic E-state index is 12.7. The van der Waals surface area contributed by atoms with Crippen LogP contribution in [0.4, 0.5) is 0 Å². The number of carbonyl (C=O) groups excluding carboxylic acids is 2. The van der Waals surface area contributed by atoms with Gasteiger partial charge in [0.25, 0.3) is 5.91 Å². The van der Waals surface area contributed by atoms with Gasteiger partial charge in [0.05, 0.1) is 12.5 Å². The van der Waals surface area contributed by atoms with Crippen LogP contribution in [0.3, 0.4) is 0 Å². The standard InChI is InChI=1S/C19H30N4O3/c1-4-26-19(25)15-5-11-23(12-6-15)18(24)16(13-20)14-22(3)17-7-9-21(2)10-8-17/h14-15,17H,4-12H2,1-3H3/b16-14-. The minimum Gasteiger partial charge on any atom is -0.466 e. The SMILES string of the molecule is CCOC(=O)C1CCN(C(=O)/C(C#N)=C\N(C)C2CCN(C)CC2)CC1. The van der Waals surface area contributed by atoms with Gasteiger partial charge in [-0.3, -0.25) is 9.59 Å². The van der Waals surface area contributed by atoms with Gasteiger partial charge in [-0.2, -0.15) is 5.26 Å². The van der Waals surface area contributed by atoms with Gasteiger partial charge in [0.15, 0.2) is 0 Å². The Balaban J connectivity index is 1.92. The highest BCUT2D eigenvalue weighted by Crippen LogP contribution is 2.21. The summed E-state index contributed by atoms with van der Waals surface area (Å²) in [5.74, 6) is -0.567. The molecule has 0 aromatic carbocycles. The molecule has 2 rings (SSSR count). The maximum absolute atomic E-state index is 12.7. The Morgan fingerprint density at radius 3 is 2.35 bits per heavy atom. The number of hydrogen-bond donors (Lipinski definition) is 0. The molecule has 144 valence electrons. The highest BCUT2D eigenvalue weighted by molar-refractivity contribution is 5.97. The Morgan fingerprint density at radius 2 is 1.81 bits per heavy atom. The summed E-state index contributed by atoms with van der Waals surface area (Å²) in [4.78, 5) is 30.5. The molecule has 1 amide bonds. The van der Waals surface area contributed by atoms with Crippen molar-refractivity contribution in [1.82, 2.24) is 14.7 Å². The van der Waals surface area contributed by atoms with Gasteiger partial charge in [0.2, 0.25) is 0 Å². The molecule has 0 unspecified atom stereocenters. The molecule has 2 heterocycles. The lowest BCUT2D eigenvalue weighted by Crippen LogP contribution is -2.42. The van der Waals surface area contributed by atoms with E-state index in [4.69, 9.17) is 4.74 Å². The van der Waals surface area contributed by atoms with Crippen molar-refractivity contribution >= 4 is 11.9 Å². The monoisotopic (exact) mass is 362 g/mol. The number of carbonyl (C=O) groups is 2. The van der Waals surface area contributed by atoms with Crippen LogP contribution in [0.5, 0.6) is 0 Å². The highest BCUT2D eigenvalue weighted by atomic mass is 16.5. The molecule has 0 spiro atoms. The lowest BCUT2D eigenvalue weighted by Gasteiger charge is -2.35. The van der Waals surface area contributed by atoms with E-state index >= 15 is 0 Å². The van der Waals surface area contributed by atoms with Gasteiger partial charge in [0.1, 0.15) is 11.6 Å². The number of likely N-dealkylation sites (tertiary alicyclic amines) is 2. The Kier molecular flexibility index (Phi) is 7.46. The molecule has 0 bridgehead atoms. The molecule has 0 N–H and O–H groups in total. The third-order valence-electron chi connectivity index (χ3n) is 5.35. The lowest BCUT2D eigenvalue weighted by molar-refractivity contribution is -0.150. The fraction of sp³-hybridized carbons (Fsp3) is 0.737. The molecular formula is C19H30N4O3. The van der Waals surface area contributed by atoms with E-state index in [2.05, 4.69) is 18.0 Å². The second-order valence-corrected chi connectivity index (χ2v) is 7.17. The Bertz CT molecular complexity index is 568. The van der Waals surface area contributed by atoms with Gasteiger partial charge in [-0.25, -0.2) is 0 Å². The molecule has 2 aliphatic heterocycles. The molecule has 26 heavy (non-hydrogen) atoms. The van der Waals surface area contributed by atoms with Crippen LogP contribution in [-0.2, 0) is 14.3 Å². The molecule has 0 aromatic rings. The second kappa shape index (κ2) is 9.58. The smallest absolute Gasteiger partial charge is 0.309 e. The highest BCUT2D eigenvalue weighted by Gasteiger charge is 2.30. The van der Waals surface area contributed by atoms with Crippen LogP contribution in [0.25, 0.3) is 0 Å². The van der Waals surface area contributed by atoms with Crippen LogP contribution < -0.4 is 0 Å². The second-order valence-electron chi connectivity index (χ2n) is 7.17. The molecule has 0 aromatic heterocycles. The van der Waals surface area contributed by atoms with Gasteiger partial charge in [-0.15, -0.1) is 0 Å². The van der Waals surface area contributed by atoms with E-state index in [9.17, 15) is 14.9 Å². The van der Waals surface area contributed by atoms with E-state index in [-0.39, 0.29) is 23.4 Å². The predicted molar refractivity (Wildman–Crippen MR) is 97.9 cm³/mol. The molecule has 2 saturated heterocycles. The number of piperidine rings is 2. The van der Waals surface area contributed by atoms with E-state index < -0.39 is 0 Å². The third kappa shape index (κ3) is 5.21. The van der Waals surface area contributed by atoms with Crippen LogP contribution in [0.2, 0.25) is 0 Å². The number of amides is 1. The average Bonchev–Trinajstić information content (AvgIpc) is 2.66. The molecule has 2 fully saturated rings. The van der Waals surface area contributed by atoms with Crippen LogP contribution in [0, 0.1) is 17.2 Å². The fourth-order valence-corrected chi connectivity index (χ4v) is 3.59. The third-order valence-corrected chi connectivity index (χ3v) is 5.35. The summed E-state index contributed by atoms with van der Waals surface area (Å²) in [6, 6.07) is 2.42. The van der Waals surface area contributed by atoms with Gasteiger partial charge in [-0.1, -0.05) is 0 Å². The molecule has 0 aliphatic carbocycles. The van der Waals surface area contributed by atoms with Gasteiger partial charge < -0.3 is 19.4 Å². The summed E-state index contributed by atoms with van der Waals surface area (Å²) >= 11 is 0. The largest absolute Gasteiger partial charge is 0.466 e. The van der Waals surface area contributed by atoms with E-state index in [1.54, 1.807) is 18.0 Å². The van der Waals surface area contributed by atoms with E-state index in [1.165, 1.54) is 0 Å². The molecule has 0 radical (unpaired) electrons. The first-order chi connectivity index (χ1) is 12.5. The minimum absolute atomic E-state index is 0.143. The van der Waals surface area contributed by atoms with Crippen molar-refractivity contribution in [2.75, 3.05) is 46.9 Å². The molecule has 2 aliphatic rings. The number of rotatable bonds is 5. The fourth-order valence-electron chi connectivity index (χ4n) is 3.59. The first-order valence-electron chi connectivity index (χ1n) is 9.44. The summed E-state index contributed by atoms with van der Waals surface area (Å²) in [5, 5.41) is 9.45. The Labute approximate surface area is 156 Å². The van der Waals surface area contributed by atoms with Crippen molar-refractivity contribution in [2.24, 2.45) is 5.92 Å². The molecule has 7 heteroatoms. The maximum Gasteiger partial charge on any atom is 0.309 e. The summed E-state index contributed by atoms with van der Waals surface area (Å²) in [6.07, 6.45) is 4.93. The number of nitrogens with zero attached hydrogens (tertiary/aromatic N) is 4. The summed E-state index contributed by atoms with van der Waals surface area (Å²) in [5.41, 5.74) is 0.168. The van der Waals surface area contributed by atoms with Crippen molar-refractivity contribution in [3.63, 3.8) is 0 Å². The molecule has 0 atom stereocenters. The van der Waals surface area contributed by atoms with Gasteiger partial charge in [-0.05, 0) is 52.7 Å². The van der Waals surface area contributed by atoms with E-state index in [0.717, 1.165) is 25.9 Å². The summed E-state index contributed by atoms with van der Waals surface area (Å²) in [7, 11) is 4.05.